The third-order valence-electron chi connectivity index (χ3n) is 1.69. The molecule has 1 aliphatic heterocycles. The summed E-state index contributed by atoms with van der Waals surface area (Å²) in [5, 5.41) is 1.21. The van der Waals surface area contributed by atoms with E-state index in [0.29, 0.717) is 6.10 Å². The van der Waals surface area contributed by atoms with Crippen LogP contribution in [-0.2, 0) is 11.3 Å². The molecule has 1 atom stereocenters. The highest BCUT2D eigenvalue weighted by atomic mass is 32.2. The molecule has 0 bridgehead atoms. The minimum atomic E-state index is 0.440. The molecule has 1 aromatic heterocycles. The molecule has 0 aromatic carbocycles. The van der Waals surface area contributed by atoms with Gasteiger partial charge in [-0.3, -0.25) is 0 Å². The largest absolute Gasteiger partial charge is 0.371 e. The van der Waals surface area contributed by atoms with Crippen LogP contribution in [-0.4, -0.2) is 28.5 Å². The van der Waals surface area contributed by atoms with Gasteiger partial charge in [0.25, 0.3) is 0 Å². The lowest BCUT2D eigenvalue weighted by Gasteiger charge is -2.01. The molecule has 0 N–H and O–H groups in total. The van der Waals surface area contributed by atoms with Crippen LogP contribution in [0.15, 0.2) is 17.6 Å². The monoisotopic (exact) mass is 170 g/mol. The molecule has 0 radical (unpaired) electrons. The molecule has 0 saturated carbocycles. The van der Waals surface area contributed by atoms with Crippen molar-refractivity contribution in [2.75, 3.05) is 12.9 Å². The first kappa shape index (κ1) is 7.18. The lowest BCUT2D eigenvalue weighted by Crippen LogP contribution is -2.03. The van der Waals surface area contributed by atoms with Crippen molar-refractivity contribution < 1.29 is 4.74 Å². The SMILES string of the molecule is CSc1cncn1CC1CO1. The van der Waals surface area contributed by atoms with E-state index >= 15 is 0 Å². The Morgan fingerprint density at radius 3 is 3.36 bits per heavy atom. The molecule has 1 fully saturated rings. The third-order valence-corrected chi connectivity index (χ3v) is 2.44. The summed E-state index contributed by atoms with van der Waals surface area (Å²) in [5.41, 5.74) is 0. The minimum Gasteiger partial charge on any atom is -0.371 e. The van der Waals surface area contributed by atoms with Crippen LogP contribution in [0.4, 0.5) is 0 Å². The lowest BCUT2D eigenvalue weighted by molar-refractivity contribution is 0.377. The van der Waals surface area contributed by atoms with E-state index in [1.54, 1.807) is 11.8 Å². The Morgan fingerprint density at radius 1 is 1.91 bits per heavy atom. The van der Waals surface area contributed by atoms with E-state index in [1.807, 2.05) is 12.5 Å². The highest BCUT2D eigenvalue weighted by molar-refractivity contribution is 7.98. The number of hydrogen-bond donors (Lipinski definition) is 0. The van der Waals surface area contributed by atoms with Gasteiger partial charge in [0.1, 0.15) is 0 Å². The topological polar surface area (TPSA) is 30.4 Å². The Labute approximate surface area is 69.8 Å². The van der Waals surface area contributed by atoms with Crippen molar-refractivity contribution in [2.24, 2.45) is 0 Å². The normalized spacial score (nSPS) is 22.1. The van der Waals surface area contributed by atoms with E-state index in [9.17, 15) is 0 Å². The maximum atomic E-state index is 5.12. The van der Waals surface area contributed by atoms with Gasteiger partial charge in [0.15, 0.2) is 0 Å². The van der Waals surface area contributed by atoms with Gasteiger partial charge in [-0.2, -0.15) is 0 Å². The number of imidazole rings is 1. The highest BCUT2D eigenvalue weighted by Gasteiger charge is 2.23. The number of nitrogens with zero attached hydrogens (tertiary/aromatic N) is 2. The van der Waals surface area contributed by atoms with Crippen molar-refractivity contribution in [2.45, 2.75) is 17.7 Å². The number of ether oxygens (including phenoxy) is 1. The van der Waals surface area contributed by atoms with E-state index in [-0.39, 0.29) is 0 Å². The number of thioether (sulfide) groups is 1. The molecular formula is C7H10N2OS. The fraction of sp³-hybridized carbons (Fsp3) is 0.571. The van der Waals surface area contributed by atoms with Crippen molar-refractivity contribution in [3.63, 3.8) is 0 Å². The maximum Gasteiger partial charge on any atom is 0.0989 e. The molecule has 1 aromatic rings. The van der Waals surface area contributed by atoms with Crippen molar-refractivity contribution in [3.8, 4) is 0 Å². The van der Waals surface area contributed by atoms with Crippen LogP contribution in [0.3, 0.4) is 0 Å². The third kappa shape index (κ3) is 1.57. The predicted octanol–water partition coefficient (Wildman–Crippen LogP) is 1.00. The zero-order valence-corrected chi connectivity index (χ0v) is 7.17. The number of rotatable bonds is 3. The second-order valence-electron chi connectivity index (χ2n) is 2.54. The maximum absolute atomic E-state index is 5.12. The number of hydrogen-bond acceptors (Lipinski definition) is 3. The summed E-state index contributed by atoms with van der Waals surface area (Å²) >= 11 is 1.72. The summed E-state index contributed by atoms with van der Waals surface area (Å²) in [4.78, 5) is 4.06. The van der Waals surface area contributed by atoms with Crippen LogP contribution >= 0.6 is 11.8 Å². The molecule has 4 heteroatoms. The lowest BCUT2D eigenvalue weighted by atomic mass is 10.5. The summed E-state index contributed by atoms with van der Waals surface area (Å²) in [5.74, 6) is 0. The van der Waals surface area contributed by atoms with E-state index in [2.05, 4.69) is 15.8 Å². The van der Waals surface area contributed by atoms with Gasteiger partial charge < -0.3 is 9.30 Å². The smallest absolute Gasteiger partial charge is 0.0989 e. The second-order valence-corrected chi connectivity index (χ2v) is 3.37. The van der Waals surface area contributed by atoms with Crippen molar-refractivity contribution >= 4 is 11.8 Å². The predicted molar refractivity (Wildman–Crippen MR) is 43.7 cm³/mol. The summed E-state index contributed by atoms with van der Waals surface area (Å²) in [6, 6.07) is 0. The number of epoxide rings is 1. The zero-order chi connectivity index (χ0) is 7.68. The van der Waals surface area contributed by atoms with Crippen molar-refractivity contribution in [3.05, 3.63) is 12.5 Å². The molecule has 2 heterocycles. The van der Waals surface area contributed by atoms with E-state index < -0.39 is 0 Å². The molecule has 60 valence electrons. The van der Waals surface area contributed by atoms with Crippen LogP contribution in [0.1, 0.15) is 0 Å². The van der Waals surface area contributed by atoms with Crippen molar-refractivity contribution in [1.29, 1.82) is 0 Å². The van der Waals surface area contributed by atoms with Crippen LogP contribution in [0.2, 0.25) is 0 Å². The molecular weight excluding hydrogens is 160 g/mol. The van der Waals surface area contributed by atoms with Gasteiger partial charge in [0.2, 0.25) is 0 Å². The Bertz CT molecular complexity index is 244. The Balaban J connectivity index is 2.07. The first-order chi connectivity index (χ1) is 5.40. The van der Waals surface area contributed by atoms with Crippen LogP contribution in [0.25, 0.3) is 0 Å². The van der Waals surface area contributed by atoms with E-state index in [1.165, 1.54) is 5.03 Å². The van der Waals surface area contributed by atoms with Gasteiger partial charge in [-0.25, -0.2) is 4.98 Å². The average Bonchev–Trinajstić information content (AvgIpc) is 2.68. The van der Waals surface area contributed by atoms with Gasteiger partial charge in [0, 0.05) is 0 Å². The first-order valence-corrected chi connectivity index (χ1v) is 4.78. The molecule has 0 aliphatic carbocycles. The van der Waals surface area contributed by atoms with Gasteiger partial charge in [-0.1, -0.05) is 0 Å². The van der Waals surface area contributed by atoms with Crippen LogP contribution in [0, 0.1) is 0 Å². The summed E-state index contributed by atoms with van der Waals surface area (Å²) in [7, 11) is 0. The number of aromatic nitrogens is 2. The highest BCUT2D eigenvalue weighted by Crippen LogP contribution is 2.18. The second kappa shape index (κ2) is 2.87. The van der Waals surface area contributed by atoms with E-state index in [0.717, 1.165) is 13.2 Å². The molecule has 1 aliphatic rings. The molecule has 0 spiro atoms. The zero-order valence-electron chi connectivity index (χ0n) is 6.36. The summed E-state index contributed by atoms with van der Waals surface area (Å²) in [6.45, 7) is 1.86. The fourth-order valence-electron chi connectivity index (χ4n) is 1.01. The molecule has 2 rings (SSSR count). The summed E-state index contributed by atoms with van der Waals surface area (Å²) in [6.07, 6.45) is 6.23. The average molecular weight is 170 g/mol. The Morgan fingerprint density at radius 2 is 2.73 bits per heavy atom. The Hall–Kier alpha value is -0.480. The van der Waals surface area contributed by atoms with Crippen LogP contribution < -0.4 is 0 Å². The molecule has 1 unspecified atom stereocenters. The first-order valence-electron chi connectivity index (χ1n) is 3.56. The van der Waals surface area contributed by atoms with Crippen molar-refractivity contribution in [1.82, 2.24) is 9.55 Å². The molecule has 1 saturated heterocycles. The standard InChI is InChI=1S/C7H10N2OS/c1-11-7-2-8-5-9(7)3-6-4-10-6/h2,5-6H,3-4H2,1H3. The minimum absolute atomic E-state index is 0.440. The van der Waals surface area contributed by atoms with Gasteiger partial charge in [-0.15, -0.1) is 11.8 Å². The molecule has 11 heavy (non-hydrogen) atoms. The van der Waals surface area contributed by atoms with Gasteiger partial charge in [-0.05, 0) is 6.26 Å². The van der Waals surface area contributed by atoms with Crippen LogP contribution in [0.5, 0.6) is 0 Å². The van der Waals surface area contributed by atoms with Gasteiger partial charge in [0.05, 0.1) is 36.8 Å². The van der Waals surface area contributed by atoms with E-state index in [4.69, 9.17) is 4.74 Å². The molecule has 0 amide bonds. The Kier molecular flexibility index (Phi) is 1.87. The van der Waals surface area contributed by atoms with Gasteiger partial charge >= 0.3 is 0 Å². The fourth-order valence-corrected chi connectivity index (χ4v) is 1.53. The molecule has 3 nitrogen and oxygen atoms in total. The summed E-state index contributed by atoms with van der Waals surface area (Å²) < 4.78 is 7.25. The quantitative estimate of drug-likeness (QED) is 0.501.